The molecule has 2 rings (SSSR count). The van der Waals surface area contributed by atoms with E-state index in [0.29, 0.717) is 17.0 Å². The second kappa shape index (κ2) is 6.22. The van der Waals surface area contributed by atoms with Crippen molar-refractivity contribution in [3.05, 3.63) is 60.2 Å². The Bertz CT molecular complexity index is 586. The van der Waals surface area contributed by atoms with Crippen molar-refractivity contribution < 1.29 is 9.53 Å². The van der Waals surface area contributed by atoms with Crippen LogP contribution in [0.25, 0.3) is 0 Å². The molecule has 1 N–H and O–H groups in total. The number of anilines is 1. The number of benzene rings is 2. The molecule has 0 fully saturated rings. The highest BCUT2D eigenvalue weighted by Gasteiger charge is 2.03. The van der Waals surface area contributed by atoms with E-state index in [0.717, 1.165) is 0 Å². The van der Waals surface area contributed by atoms with Crippen LogP contribution >= 0.6 is 0 Å². The van der Waals surface area contributed by atoms with Crippen molar-refractivity contribution in [2.45, 2.75) is 0 Å². The molecular formula is C15H12N2O2. The molecule has 0 aliphatic carbocycles. The first-order valence-corrected chi connectivity index (χ1v) is 5.76. The van der Waals surface area contributed by atoms with Gasteiger partial charge in [0, 0.05) is 5.69 Å². The van der Waals surface area contributed by atoms with E-state index in [1.54, 1.807) is 36.4 Å². The van der Waals surface area contributed by atoms with Crippen molar-refractivity contribution in [3.8, 4) is 11.8 Å². The molecule has 0 unspecified atom stereocenters. The third kappa shape index (κ3) is 3.86. The number of amides is 1. The highest BCUT2D eigenvalue weighted by Crippen LogP contribution is 2.10. The summed E-state index contributed by atoms with van der Waals surface area (Å²) >= 11 is 0. The first-order chi connectivity index (χ1) is 9.28. The Labute approximate surface area is 111 Å². The van der Waals surface area contributed by atoms with Crippen LogP contribution in [0.4, 0.5) is 5.69 Å². The topological polar surface area (TPSA) is 62.1 Å². The second-order valence-corrected chi connectivity index (χ2v) is 3.84. The van der Waals surface area contributed by atoms with Gasteiger partial charge in [-0.05, 0) is 36.4 Å². The minimum atomic E-state index is -0.242. The Balaban J connectivity index is 1.86. The molecule has 1 amide bonds. The number of rotatable bonds is 4. The fraction of sp³-hybridized carbons (Fsp3) is 0.0667. The maximum atomic E-state index is 11.6. The van der Waals surface area contributed by atoms with Crippen molar-refractivity contribution in [2.75, 3.05) is 11.9 Å². The van der Waals surface area contributed by atoms with Gasteiger partial charge in [0.2, 0.25) is 0 Å². The Hall–Kier alpha value is -2.80. The van der Waals surface area contributed by atoms with Crippen molar-refractivity contribution >= 4 is 11.6 Å². The third-order valence-electron chi connectivity index (χ3n) is 2.41. The lowest BCUT2D eigenvalue weighted by Crippen LogP contribution is -2.20. The van der Waals surface area contributed by atoms with Gasteiger partial charge in [0.25, 0.3) is 5.91 Å². The zero-order valence-corrected chi connectivity index (χ0v) is 10.2. The number of hydrogen-bond donors (Lipinski definition) is 1. The van der Waals surface area contributed by atoms with Crippen LogP contribution in [0.15, 0.2) is 54.6 Å². The van der Waals surface area contributed by atoms with Gasteiger partial charge < -0.3 is 10.1 Å². The van der Waals surface area contributed by atoms with Crippen LogP contribution in [0.3, 0.4) is 0 Å². The lowest BCUT2D eigenvalue weighted by Gasteiger charge is -2.07. The number of para-hydroxylation sites is 1. The van der Waals surface area contributed by atoms with Crippen molar-refractivity contribution in [3.63, 3.8) is 0 Å². The fourth-order valence-corrected chi connectivity index (χ4v) is 1.49. The summed E-state index contributed by atoms with van der Waals surface area (Å²) < 4.78 is 5.32. The van der Waals surface area contributed by atoms with Gasteiger partial charge in [-0.15, -0.1) is 0 Å². The van der Waals surface area contributed by atoms with E-state index in [-0.39, 0.29) is 12.5 Å². The molecule has 0 aromatic heterocycles. The zero-order valence-electron chi connectivity index (χ0n) is 10.2. The molecule has 0 radical (unpaired) electrons. The molecule has 0 aliphatic heterocycles. The first kappa shape index (κ1) is 12.7. The average Bonchev–Trinajstić information content (AvgIpc) is 2.47. The maximum Gasteiger partial charge on any atom is 0.262 e. The lowest BCUT2D eigenvalue weighted by molar-refractivity contribution is -0.118. The van der Waals surface area contributed by atoms with E-state index in [2.05, 4.69) is 5.32 Å². The number of nitrogens with zero attached hydrogens (tertiary/aromatic N) is 1. The molecular weight excluding hydrogens is 240 g/mol. The second-order valence-electron chi connectivity index (χ2n) is 3.84. The molecule has 0 spiro atoms. The molecule has 0 atom stereocenters. The summed E-state index contributed by atoms with van der Waals surface area (Å²) in [7, 11) is 0. The van der Waals surface area contributed by atoms with Gasteiger partial charge in [0.05, 0.1) is 11.6 Å². The molecule has 0 saturated heterocycles. The number of nitrogens with one attached hydrogen (secondary N) is 1. The quantitative estimate of drug-likeness (QED) is 0.909. The van der Waals surface area contributed by atoms with Crippen LogP contribution in [-0.2, 0) is 4.79 Å². The molecule has 0 aliphatic rings. The maximum absolute atomic E-state index is 11.6. The van der Waals surface area contributed by atoms with E-state index < -0.39 is 0 Å². The summed E-state index contributed by atoms with van der Waals surface area (Å²) in [5.74, 6) is 0.408. The smallest absolute Gasteiger partial charge is 0.262 e. The Morgan fingerprint density at radius 2 is 1.79 bits per heavy atom. The summed E-state index contributed by atoms with van der Waals surface area (Å²) in [5, 5.41) is 11.4. The highest BCUT2D eigenvalue weighted by molar-refractivity contribution is 5.91. The normalized spacial score (nSPS) is 9.42. The fourth-order valence-electron chi connectivity index (χ4n) is 1.49. The molecule has 94 valence electrons. The van der Waals surface area contributed by atoms with Crippen LogP contribution in [0, 0.1) is 11.3 Å². The van der Waals surface area contributed by atoms with Gasteiger partial charge >= 0.3 is 0 Å². The minimum Gasteiger partial charge on any atom is -0.484 e. The molecule has 2 aromatic rings. The third-order valence-corrected chi connectivity index (χ3v) is 2.41. The molecule has 0 saturated carbocycles. The van der Waals surface area contributed by atoms with E-state index >= 15 is 0 Å². The first-order valence-electron chi connectivity index (χ1n) is 5.76. The largest absolute Gasteiger partial charge is 0.484 e. The van der Waals surface area contributed by atoms with Crippen LogP contribution in [-0.4, -0.2) is 12.5 Å². The SMILES string of the molecule is N#Cc1ccc(NC(=O)COc2ccccc2)cc1. The minimum absolute atomic E-state index is 0.0516. The standard InChI is InChI=1S/C15H12N2O2/c16-10-12-6-8-13(9-7-12)17-15(18)11-19-14-4-2-1-3-5-14/h1-9H,11H2,(H,17,18). The summed E-state index contributed by atoms with van der Waals surface area (Å²) in [6.07, 6.45) is 0. The molecule has 2 aromatic carbocycles. The number of ether oxygens (including phenoxy) is 1. The number of nitriles is 1. The van der Waals surface area contributed by atoms with Crippen LogP contribution in [0.5, 0.6) is 5.75 Å². The summed E-state index contributed by atoms with van der Waals surface area (Å²) in [5.41, 5.74) is 1.19. The lowest BCUT2D eigenvalue weighted by atomic mass is 10.2. The molecule has 19 heavy (non-hydrogen) atoms. The number of carbonyl (C=O) groups is 1. The Morgan fingerprint density at radius 1 is 1.11 bits per heavy atom. The van der Waals surface area contributed by atoms with E-state index in [4.69, 9.17) is 10.00 Å². The molecule has 4 heteroatoms. The van der Waals surface area contributed by atoms with E-state index in [1.807, 2.05) is 24.3 Å². The van der Waals surface area contributed by atoms with E-state index in [9.17, 15) is 4.79 Å². The van der Waals surface area contributed by atoms with Gasteiger partial charge in [0.15, 0.2) is 6.61 Å². The van der Waals surface area contributed by atoms with Gasteiger partial charge in [0.1, 0.15) is 5.75 Å². The summed E-state index contributed by atoms with van der Waals surface area (Å²) in [6, 6.07) is 17.8. The number of carbonyl (C=O) groups excluding carboxylic acids is 1. The van der Waals surface area contributed by atoms with Crippen molar-refractivity contribution in [1.82, 2.24) is 0 Å². The van der Waals surface area contributed by atoms with Crippen molar-refractivity contribution in [2.24, 2.45) is 0 Å². The molecule has 0 bridgehead atoms. The van der Waals surface area contributed by atoms with Gasteiger partial charge in [-0.2, -0.15) is 5.26 Å². The van der Waals surface area contributed by atoms with Crippen LogP contribution < -0.4 is 10.1 Å². The Morgan fingerprint density at radius 3 is 2.42 bits per heavy atom. The highest BCUT2D eigenvalue weighted by atomic mass is 16.5. The average molecular weight is 252 g/mol. The monoisotopic (exact) mass is 252 g/mol. The zero-order chi connectivity index (χ0) is 13.5. The van der Waals surface area contributed by atoms with Gasteiger partial charge in [-0.25, -0.2) is 0 Å². The predicted molar refractivity (Wildman–Crippen MR) is 71.7 cm³/mol. The van der Waals surface area contributed by atoms with Crippen LogP contribution in [0.1, 0.15) is 5.56 Å². The Kier molecular flexibility index (Phi) is 4.14. The van der Waals surface area contributed by atoms with Gasteiger partial charge in [-0.3, -0.25) is 4.79 Å². The summed E-state index contributed by atoms with van der Waals surface area (Å²) in [4.78, 5) is 11.6. The van der Waals surface area contributed by atoms with Crippen LogP contribution in [0.2, 0.25) is 0 Å². The van der Waals surface area contributed by atoms with E-state index in [1.165, 1.54) is 0 Å². The summed E-state index contributed by atoms with van der Waals surface area (Å²) in [6.45, 7) is -0.0516. The predicted octanol–water partition coefficient (Wildman–Crippen LogP) is 2.58. The molecule has 0 heterocycles. The van der Waals surface area contributed by atoms with Gasteiger partial charge in [-0.1, -0.05) is 18.2 Å². The molecule has 4 nitrogen and oxygen atoms in total. The van der Waals surface area contributed by atoms with Crippen molar-refractivity contribution in [1.29, 1.82) is 5.26 Å². The number of hydrogen-bond acceptors (Lipinski definition) is 3.